The first-order valence-electron chi connectivity index (χ1n) is 7.40. The third-order valence-corrected chi connectivity index (χ3v) is 3.82. The molecule has 1 saturated heterocycles. The molecule has 112 valence electrons. The molecule has 20 heavy (non-hydrogen) atoms. The lowest BCUT2D eigenvalue weighted by molar-refractivity contribution is -0.167. The molecule has 1 heterocycles. The summed E-state index contributed by atoms with van der Waals surface area (Å²) in [6.45, 7) is 7.45. The van der Waals surface area contributed by atoms with Crippen molar-refractivity contribution in [2.45, 2.75) is 57.6 Å². The van der Waals surface area contributed by atoms with Crippen LogP contribution >= 0.6 is 0 Å². The van der Waals surface area contributed by atoms with Crippen molar-refractivity contribution in [1.82, 2.24) is 4.90 Å². The van der Waals surface area contributed by atoms with E-state index in [9.17, 15) is 9.90 Å². The normalized spacial score (nSPS) is 28.1. The summed E-state index contributed by atoms with van der Waals surface area (Å²) >= 11 is 0. The molecule has 2 rings (SSSR count). The number of piperidine rings is 1. The van der Waals surface area contributed by atoms with Gasteiger partial charge in [0.1, 0.15) is 16.9 Å². The van der Waals surface area contributed by atoms with E-state index in [2.05, 4.69) is 4.90 Å². The Morgan fingerprint density at radius 2 is 1.95 bits per heavy atom. The summed E-state index contributed by atoms with van der Waals surface area (Å²) in [6.07, 6.45) is 9.03. The second-order valence-electron chi connectivity index (χ2n) is 6.64. The summed E-state index contributed by atoms with van der Waals surface area (Å²) in [5.41, 5.74) is -1.25. The quantitative estimate of drug-likeness (QED) is 0.790. The van der Waals surface area contributed by atoms with Gasteiger partial charge in [-0.25, -0.2) is 4.79 Å². The van der Waals surface area contributed by atoms with Crippen LogP contribution < -0.4 is 0 Å². The molecule has 1 N–H and O–H groups in total. The third-order valence-electron chi connectivity index (χ3n) is 3.82. The lowest BCUT2D eigenvalue weighted by atomic mass is 9.86. The first kappa shape index (κ1) is 15.1. The van der Waals surface area contributed by atoms with Gasteiger partial charge in [0.2, 0.25) is 0 Å². The topological polar surface area (TPSA) is 49.8 Å². The highest BCUT2D eigenvalue weighted by atomic mass is 16.6. The number of likely N-dealkylation sites (tertiary alicyclic amines) is 1. The fourth-order valence-electron chi connectivity index (χ4n) is 2.79. The zero-order valence-corrected chi connectivity index (χ0v) is 12.7. The van der Waals surface area contributed by atoms with E-state index in [0.29, 0.717) is 6.42 Å². The van der Waals surface area contributed by atoms with Crippen LogP contribution in [0.15, 0.2) is 24.0 Å². The molecule has 0 aromatic carbocycles. The fraction of sp³-hybridized carbons (Fsp3) is 0.688. The Labute approximate surface area is 121 Å². The maximum absolute atomic E-state index is 12.7. The number of rotatable bonds is 2. The highest BCUT2D eigenvalue weighted by Crippen LogP contribution is 2.32. The summed E-state index contributed by atoms with van der Waals surface area (Å²) in [7, 11) is 0. The summed E-state index contributed by atoms with van der Waals surface area (Å²) in [6, 6.07) is 0. The Bertz CT molecular complexity index is 427. The van der Waals surface area contributed by atoms with Gasteiger partial charge in [0.15, 0.2) is 0 Å². The van der Waals surface area contributed by atoms with Crippen molar-refractivity contribution in [3.05, 3.63) is 24.0 Å². The maximum atomic E-state index is 12.7. The van der Waals surface area contributed by atoms with Crippen molar-refractivity contribution in [2.75, 3.05) is 13.1 Å². The Morgan fingerprint density at radius 3 is 2.45 bits per heavy atom. The summed E-state index contributed by atoms with van der Waals surface area (Å²) < 4.78 is 5.63. The van der Waals surface area contributed by atoms with Crippen LogP contribution in [0.4, 0.5) is 0 Å². The van der Waals surface area contributed by atoms with Gasteiger partial charge in [-0.05, 0) is 64.9 Å². The number of aliphatic hydroxyl groups is 1. The number of carbonyl (C=O) groups is 1. The van der Waals surface area contributed by atoms with E-state index in [-0.39, 0.29) is 11.7 Å². The van der Waals surface area contributed by atoms with Gasteiger partial charge in [0.05, 0.1) is 0 Å². The van der Waals surface area contributed by atoms with Crippen LogP contribution in [0, 0.1) is 0 Å². The smallest absolute Gasteiger partial charge is 0.331 e. The summed E-state index contributed by atoms with van der Waals surface area (Å²) in [4.78, 5) is 14.9. The van der Waals surface area contributed by atoms with Gasteiger partial charge in [0, 0.05) is 6.42 Å². The number of ether oxygens (including phenoxy) is 1. The molecule has 0 bridgehead atoms. The van der Waals surface area contributed by atoms with Gasteiger partial charge in [0.25, 0.3) is 0 Å². The van der Waals surface area contributed by atoms with Crippen molar-refractivity contribution < 1.29 is 14.6 Å². The highest BCUT2D eigenvalue weighted by molar-refractivity contribution is 5.84. The van der Waals surface area contributed by atoms with Crippen LogP contribution in [0.1, 0.15) is 46.5 Å². The van der Waals surface area contributed by atoms with Crippen LogP contribution in [0.5, 0.6) is 0 Å². The zero-order valence-electron chi connectivity index (χ0n) is 12.7. The van der Waals surface area contributed by atoms with E-state index in [4.69, 9.17) is 4.74 Å². The number of hydrogen-bond acceptors (Lipinski definition) is 4. The van der Waals surface area contributed by atoms with Gasteiger partial charge in [-0.15, -0.1) is 0 Å². The molecule has 0 aromatic heterocycles. The molecule has 0 amide bonds. The molecule has 1 atom stereocenters. The largest absolute Gasteiger partial charge is 0.508 e. The fourth-order valence-corrected chi connectivity index (χ4v) is 2.79. The number of allylic oxidation sites excluding steroid dienone is 1. The molecule has 0 aromatic rings. The Kier molecular flexibility index (Phi) is 4.23. The molecule has 4 heteroatoms. The van der Waals surface area contributed by atoms with Crippen LogP contribution in [0.2, 0.25) is 0 Å². The second kappa shape index (κ2) is 5.60. The molecular weight excluding hydrogens is 254 g/mol. The lowest BCUT2D eigenvalue weighted by Gasteiger charge is -2.43. The van der Waals surface area contributed by atoms with Crippen molar-refractivity contribution in [3.63, 3.8) is 0 Å². The molecule has 0 saturated carbocycles. The highest BCUT2D eigenvalue weighted by Gasteiger charge is 2.45. The SMILES string of the molecule is CC(C)(C)OC(=O)C1(N2CCCCC2)C=CC(O)=CC1. The molecule has 1 aliphatic carbocycles. The zero-order chi connectivity index (χ0) is 14.8. The average Bonchev–Trinajstić information content (AvgIpc) is 2.39. The number of esters is 1. The lowest BCUT2D eigenvalue weighted by Crippen LogP contribution is -2.57. The van der Waals surface area contributed by atoms with Crippen molar-refractivity contribution in [3.8, 4) is 0 Å². The van der Waals surface area contributed by atoms with Crippen molar-refractivity contribution in [2.24, 2.45) is 0 Å². The second-order valence-corrected chi connectivity index (χ2v) is 6.64. The van der Waals surface area contributed by atoms with Gasteiger partial charge >= 0.3 is 5.97 Å². The van der Waals surface area contributed by atoms with E-state index in [0.717, 1.165) is 25.9 Å². The first-order chi connectivity index (χ1) is 9.33. The number of nitrogens with zero attached hydrogens (tertiary/aromatic N) is 1. The minimum atomic E-state index is -0.750. The number of aliphatic hydroxyl groups excluding tert-OH is 1. The molecule has 1 fully saturated rings. The summed E-state index contributed by atoms with van der Waals surface area (Å²) in [5.74, 6) is 0.00749. The van der Waals surface area contributed by atoms with E-state index < -0.39 is 11.1 Å². The Balaban J connectivity index is 2.25. The van der Waals surface area contributed by atoms with Gasteiger partial charge < -0.3 is 9.84 Å². The number of carbonyl (C=O) groups excluding carboxylic acids is 1. The van der Waals surface area contributed by atoms with Crippen molar-refractivity contribution in [1.29, 1.82) is 0 Å². The van der Waals surface area contributed by atoms with Crippen LogP contribution in [0.25, 0.3) is 0 Å². The monoisotopic (exact) mass is 279 g/mol. The van der Waals surface area contributed by atoms with Gasteiger partial charge in [-0.1, -0.05) is 6.42 Å². The molecule has 4 nitrogen and oxygen atoms in total. The predicted molar refractivity (Wildman–Crippen MR) is 78.5 cm³/mol. The first-order valence-corrected chi connectivity index (χ1v) is 7.40. The Morgan fingerprint density at radius 1 is 1.30 bits per heavy atom. The van der Waals surface area contributed by atoms with Crippen LogP contribution in [-0.4, -0.2) is 40.2 Å². The molecule has 1 aliphatic heterocycles. The van der Waals surface area contributed by atoms with Crippen LogP contribution in [-0.2, 0) is 9.53 Å². The molecule has 0 radical (unpaired) electrons. The van der Waals surface area contributed by atoms with Gasteiger partial charge in [-0.3, -0.25) is 4.90 Å². The van der Waals surface area contributed by atoms with Crippen molar-refractivity contribution >= 4 is 5.97 Å². The molecule has 1 unspecified atom stereocenters. The van der Waals surface area contributed by atoms with E-state index >= 15 is 0 Å². The predicted octanol–water partition coefficient (Wildman–Crippen LogP) is 2.95. The van der Waals surface area contributed by atoms with E-state index in [1.54, 1.807) is 12.2 Å². The van der Waals surface area contributed by atoms with Crippen LogP contribution in [0.3, 0.4) is 0 Å². The third kappa shape index (κ3) is 3.23. The average molecular weight is 279 g/mol. The Hall–Kier alpha value is -1.29. The van der Waals surface area contributed by atoms with E-state index in [1.807, 2.05) is 26.8 Å². The maximum Gasteiger partial charge on any atom is 0.331 e. The number of hydrogen-bond donors (Lipinski definition) is 1. The minimum Gasteiger partial charge on any atom is -0.508 e. The standard InChI is InChI=1S/C16H25NO3/c1-15(2,3)20-14(19)16(9-7-13(18)8-10-16)17-11-5-4-6-12-17/h7-9,18H,4-6,10-12H2,1-3H3. The molecule has 2 aliphatic rings. The summed E-state index contributed by atoms with van der Waals surface area (Å²) in [5, 5.41) is 9.56. The molecule has 0 spiro atoms. The molecular formula is C16H25NO3. The minimum absolute atomic E-state index is 0.216. The van der Waals surface area contributed by atoms with Gasteiger partial charge in [-0.2, -0.15) is 0 Å². The van der Waals surface area contributed by atoms with E-state index in [1.165, 1.54) is 6.42 Å².